The van der Waals surface area contributed by atoms with Gasteiger partial charge < -0.3 is 14.4 Å². The molecule has 2 aromatic carbocycles. The van der Waals surface area contributed by atoms with Gasteiger partial charge in [0.2, 0.25) is 11.8 Å². The van der Waals surface area contributed by atoms with Crippen LogP contribution in [0.25, 0.3) is 11.0 Å². The van der Waals surface area contributed by atoms with E-state index in [1.54, 1.807) is 0 Å². The molecule has 1 saturated heterocycles. The van der Waals surface area contributed by atoms with Gasteiger partial charge in [-0.2, -0.15) is 0 Å². The number of likely N-dealkylation sites (tertiary alicyclic amines) is 1. The fourth-order valence-corrected chi connectivity index (χ4v) is 7.28. The molecule has 206 valence electrons. The van der Waals surface area contributed by atoms with Gasteiger partial charge in [-0.15, -0.1) is 0 Å². The molecule has 1 aromatic heterocycles. The van der Waals surface area contributed by atoms with E-state index in [4.69, 9.17) is 4.98 Å². The molecule has 0 radical (unpaired) electrons. The average Bonchev–Trinajstić information content (AvgIpc) is 3.53. The number of fused-ring (bicyclic) bond motifs is 1. The number of amides is 2. The van der Waals surface area contributed by atoms with Gasteiger partial charge in [0.05, 0.1) is 11.0 Å². The maximum Gasteiger partial charge on any atom is 0.243 e. The number of rotatable bonds is 8. The van der Waals surface area contributed by atoms with E-state index in [2.05, 4.69) is 27.7 Å². The third-order valence-electron chi connectivity index (χ3n) is 9.29. The Morgan fingerprint density at radius 1 is 0.846 bits per heavy atom. The summed E-state index contributed by atoms with van der Waals surface area (Å²) in [5, 5.41) is 0. The van der Waals surface area contributed by atoms with Gasteiger partial charge in [-0.25, -0.2) is 4.98 Å². The molecule has 3 aromatic rings. The number of benzene rings is 2. The van der Waals surface area contributed by atoms with Gasteiger partial charge in [-0.1, -0.05) is 81.0 Å². The first kappa shape index (κ1) is 26.1. The number of aromatic nitrogens is 2. The van der Waals surface area contributed by atoms with Crippen LogP contribution < -0.4 is 0 Å². The first-order chi connectivity index (χ1) is 19.2. The highest BCUT2D eigenvalue weighted by atomic mass is 16.2. The fourth-order valence-electron chi connectivity index (χ4n) is 7.28. The largest absolute Gasteiger partial charge is 0.342 e. The van der Waals surface area contributed by atoms with E-state index in [9.17, 15) is 9.59 Å². The van der Waals surface area contributed by atoms with Crippen LogP contribution in [0.1, 0.15) is 87.9 Å². The lowest BCUT2D eigenvalue weighted by atomic mass is 9.88. The highest BCUT2D eigenvalue weighted by Gasteiger charge is 2.36. The fraction of sp³-hybridized carbons (Fsp3) is 0.545. The van der Waals surface area contributed by atoms with E-state index in [0.717, 1.165) is 55.5 Å². The van der Waals surface area contributed by atoms with E-state index in [1.807, 2.05) is 41.3 Å². The molecule has 2 amide bonds. The summed E-state index contributed by atoms with van der Waals surface area (Å²) < 4.78 is 2.15. The standard InChI is InChI=1S/C33H42N4O2/c38-31-22-26(23-35(31)21-20-25-12-4-1-5-13-25)33-34-29-18-10-11-19-30(29)36(33)24-32(39)37(27-14-6-2-7-15-27)28-16-8-3-9-17-28/h1,4-5,10-13,18-19,26-28H,2-3,6-9,14-17,20-24H2. The summed E-state index contributed by atoms with van der Waals surface area (Å²) in [5.41, 5.74) is 3.16. The summed E-state index contributed by atoms with van der Waals surface area (Å²) in [6.07, 6.45) is 13.3. The predicted octanol–water partition coefficient (Wildman–Crippen LogP) is 6.09. The van der Waals surface area contributed by atoms with Gasteiger partial charge in [0.1, 0.15) is 12.4 Å². The minimum Gasteiger partial charge on any atom is -0.342 e. The van der Waals surface area contributed by atoms with Crippen LogP contribution in [0.15, 0.2) is 54.6 Å². The first-order valence-corrected chi connectivity index (χ1v) is 15.3. The lowest BCUT2D eigenvalue weighted by Crippen LogP contribution is -2.50. The zero-order chi connectivity index (χ0) is 26.6. The van der Waals surface area contributed by atoms with E-state index in [1.165, 1.54) is 44.1 Å². The molecule has 39 heavy (non-hydrogen) atoms. The van der Waals surface area contributed by atoms with Crippen LogP contribution in [0, 0.1) is 0 Å². The maximum absolute atomic E-state index is 14.2. The van der Waals surface area contributed by atoms with Crippen LogP contribution in [-0.2, 0) is 22.6 Å². The maximum atomic E-state index is 14.2. The Morgan fingerprint density at radius 3 is 2.18 bits per heavy atom. The number of nitrogens with zero attached hydrogens (tertiary/aromatic N) is 4. The van der Waals surface area contributed by atoms with Crippen molar-refractivity contribution < 1.29 is 9.59 Å². The summed E-state index contributed by atoms with van der Waals surface area (Å²) >= 11 is 0. The Morgan fingerprint density at radius 2 is 1.49 bits per heavy atom. The van der Waals surface area contributed by atoms with Crippen molar-refractivity contribution in [3.8, 4) is 0 Å². The first-order valence-electron chi connectivity index (χ1n) is 15.3. The highest BCUT2D eigenvalue weighted by Crippen LogP contribution is 2.33. The summed E-state index contributed by atoms with van der Waals surface area (Å²) in [5.74, 6) is 1.33. The van der Waals surface area contributed by atoms with Gasteiger partial charge in [-0.05, 0) is 49.8 Å². The summed E-state index contributed by atoms with van der Waals surface area (Å²) in [6, 6.07) is 19.2. The Labute approximate surface area is 232 Å². The molecule has 1 aliphatic heterocycles. The Balaban J connectivity index is 1.24. The van der Waals surface area contributed by atoms with Crippen molar-refractivity contribution >= 4 is 22.8 Å². The number of hydrogen-bond acceptors (Lipinski definition) is 3. The summed E-state index contributed by atoms with van der Waals surface area (Å²) in [4.78, 5) is 36.6. The molecule has 6 heteroatoms. The number of hydrogen-bond donors (Lipinski definition) is 0. The van der Waals surface area contributed by atoms with Crippen molar-refractivity contribution in [2.24, 2.45) is 0 Å². The van der Waals surface area contributed by atoms with Crippen molar-refractivity contribution in [2.75, 3.05) is 13.1 Å². The summed E-state index contributed by atoms with van der Waals surface area (Å²) in [7, 11) is 0. The molecular formula is C33H42N4O2. The van der Waals surface area contributed by atoms with Gasteiger partial charge in [0.25, 0.3) is 0 Å². The topological polar surface area (TPSA) is 58.4 Å². The second-order valence-electron chi connectivity index (χ2n) is 11.9. The zero-order valence-corrected chi connectivity index (χ0v) is 23.1. The zero-order valence-electron chi connectivity index (χ0n) is 23.1. The van der Waals surface area contributed by atoms with Crippen molar-refractivity contribution in [3.05, 3.63) is 66.0 Å². The molecule has 1 atom stereocenters. The van der Waals surface area contributed by atoms with Crippen molar-refractivity contribution in [1.29, 1.82) is 0 Å². The monoisotopic (exact) mass is 526 g/mol. The second kappa shape index (κ2) is 11.9. The Kier molecular flexibility index (Phi) is 7.98. The second-order valence-corrected chi connectivity index (χ2v) is 11.9. The van der Waals surface area contributed by atoms with Crippen molar-refractivity contribution in [1.82, 2.24) is 19.4 Å². The minimum atomic E-state index is 0.00582. The van der Waals surface area contributed by atoms with Gasteiger partial charge in [0, 0.05) is 37.5 Å². The molecule has 0 spiro atoms. The molecule has 2 saturated carbocycles. The number of para-hydroxylation sites is 2. The molecule has 3 aliphatic rings. The normalized spacial score (nSPS) is 21.1. The molecule has 3 fully saturated rings. The molecule has 2 heterocycles. The van der Waals surface area contributed by atoms with Crippen LogP contribution >= 0.6 is 0 Å². The summed E-state index contributed by atoms with van der Waals surface area (Å²) in [6.45, 7) is 1.70. The number of imidazole rings is 1. The third kappa shape index (κ3) is 5.75. The molecule has 1 unspecified atom stereocenters. The van der Waals surface area contributed by atoms with E-state index in [0.29, 0.717) is 31.6 Å². The number of carbonyl (C=O) groups is 2. The molecule has 2 aliphatic carbocycles. The van der Waals surface area contributed by atoms with Crippen LogP contribution in [0.2, 0.25) is 0 Å². The molecule has 0 N–H and O–H groups in total. The quantitative estimate of drug-likeness (QED) is 0.357. The number of carbonyl (C=O) groups excluding carboxylic acids is 2. The lowest BCUT2D eigenvalue weighted by molar-refractivity contribution is -0.138. The third-order valence-corrected chi connectivity index (χ3v) is 9.29. The van der Waals surface area contributed by atoms with E-state index >= 15 is 0 Å². The average molecular weight is 527 g/mol. The Hall–Kier alpha value is -3.15. The molecular weight excluding hydrogens is 484 g/mol. The van der Waals surface area contributed by atoms with Crippen LogP contribution in [0.5, 0.6) is 0 Å². The van der Waals surface area contributed by atoms with Crippen LogP contribution in [-0.4, -0.2) is 56.3 Å². The van der Waals surface area contributed by atoms with Gasteiger partial charge >= 0.3 is 0 Å². The van der Waals surface area contributed by atoms with E-state index in [-0.39, 0.29) is 17.7 Å². The Bertz CT molecular complexity index is 1260. The lowest BCUT2D eigenvalue weighted by Gasteiger charge is -2.42. The highest BCUT2D eigenvalue weighted by molar-refractivity contribution is 5.83. The SMILES string of the molecule is O=C1CC(c2nc3ccccc3n2CC(=O)N(C2CCCCC2)C2CCCCC2)CN1CCc1ccccc1. The predicted molar refractivity (Wildman–Crippen MR) is 154 cm³/mol. The smallest absolute Gasteiger partial charge is 0.243 e. The van der Waals surface area contributed by atoms with Crippen molar-refractivity contribution in [3.63, 3.8) is 0 Å². The minimum absolute atomic E-state index is 0.00582. The van der Waals surface area contributed by atoms with E-state index < -0.39 is 0 Å². The van der Waals surface area contributed by atoms with Crippen LogP contribution in [0.3, 0.4) is 0 Å². The molecule has 0 bridgehead atoms. The molecule has 6 nitrogen and oxygen atoms in total. The van der Waals surface area contributed by atoms with Crippen LogP contribution in [0.4, 0.5) is 0 Å². The van der Waals surface area contributed by atoms with Gasteiger partial charge in [0.15, 0.2) is 0 Å². The van der Waals surface area contributed by atoms with Gasteiger partial charge in [-0.3, -0.25) is 9.59 Å². The molecule has 6 rings (SSSR count). The van der Waals surface area contributed by atoms with Crippen molar-refractivity contribution in [2.45, 2.75) is 102 Å².